The van der Waals surface area contributed by atoms with Gasteiger partial charge in [0.25, 0.3) is 5.91 Å². The first-order valence-electron chi connectivity index (χ1n) is 12.9. The minimum absolute atomic E-state index is 0.105. The highest BCUT2D eigenvalue weighted by atomic mass is 16.5. The third-order valence-electron chi connectivity index (χ3n) is 7.06. The van der Waals surface area contributed by atoms with E-state index in [-0.39, 0.29) is 11.8 Å². The fourth-order valence-electron chi connectivity index (χ4n) is 5.18. The van der Waals surface area contributed by atoms with Crippen LogP contribution in [0.4, 0.5) is 5.69 Å². The van der Waals surface area contributed by atoms with Crippen LogP contribution in [0.1, 0.15) is 72.1 Å². The average molecular weight is 517 g/mol. The van der Waals surface area contributed by atoms with E-state index in [2.05, 4.69) is 19.2 Å². The maximum Gasteiger partial charge on any atom is 0.254 e. The van der Waals surface area contributed by atoms with Crippen molar-refractivity contribution in [2.24, 2.45) is 0 Å². The number of benzene rings is 3. The van der Waals surface area contributed by atoms with Gasteiger partial charge in [-0.25, -0.2) is 0 Å². The average Bonchev–Trinajstić information content (AvgIpc) is 2.93. The molecule has 0 aromatic heterocycles. The molecule has 0 bridgehead atoms. The second kappa shape index (κ2) is 11.6. The smallest absolute Gasteiger partial charge is 0.254 e. The Hall–Kier alpha value is -4.00. The number of ether oxygens (including phenoxy) is 3. The van der Waals surface area contributed by atoms with Crippen LogP contribution in [-0.2, 0) is 4.79 Å². The van der Waals surface area contributed by atoms with Gasteiger partial charge in [0.15, 0.2) is 11.5 Å². The van der Waals surface area contributed by atoms with Gasteiger partial charge in [-0.15, -0.1) is 0 Å². The van der Waals surface area contributed by atoms with Crippen LogP contribution < -0.4 is 19.5 Å². The Bertz CT molecular complexity index is 1280. The lowest BCUT2D eigenvalue weighted by molar-refractivity contribution is -0.119. The zero-order valence-electron chi connectivity index (χ0n) is 22.9. The fourth-order valence-corrected chi connectivity index (χ4v) is 5.18. The summed E-state index contributed by atoms with van der Waals surface area (Å²) in [5.74, 6) is 0.815. The van der Waals surface area contributed by atoms with E-state index in [1.807, 2.05) is 61.5 Å². The first-order chi connectivity index (χ1) is 18.3. The quantitative estimate of drug-likeness (QED) is 0.368. The number of fused-ring (bicyclic) bond motifs is 1. The van der Waals surface area contributed by atoms with Gasteiger partial charge in [-0.3, -0.25) is 9.59 Å². The molecule has 2 atom stereocenters. The van der Waals surface area contributed by atoms with Crippen molar-refractivity contribution < 1.29 is 23.8 Å². The molecule has 3 aromatic rings. The summed E-state index contributed by atoms with van der Waals surface area (Å²) >= 11 is 0. The standard InChI is InChI=1S/C31H36N2O5/c1-7-16-33-28(21-17-25(36-4)29(38-6)26(18-21)37-5)27(23-10-8-9-11-24(23)31(33)35)30(34)32-22-14-12-20(13-15-22)19(2)3/h8-15,17-19,27-28H,7,16H2,1-6H3,(H,32,34)/t27-,28-/m0/s1. The van der Waals surface area contributed by atoms with Crippen LogP contribution in [0.2, 0.25) is 0 Å². The molecule has 1 N–H and O–H groups in total. The molecule has 0 spiro atoms. The first kappa shape index (κ1) is 27.0. The van der Waals surface area contributed by atoms with Crippen LogP contribution in [0.5, 0.6) is 17.2 Å². The Kier molecular flexibility index (Phi) is 8.25. The minimum Gasteiger partial charge on any atom is -0.493 e. The normalized spacial score (nSPS) is 16.7. The van der Waals surface area contributed by atoms with E-state index in [1.165, 1.54) is 5.56 Å². The number of rotatable bonds is 9. The van der Waals surface area contributed by atoms with E-state index in [1.54, 1.807) is 32.3 Å². The van der Waals surface area contributed by atoms with Crippen molar-refractivity contribution >= 4 is 17.5 Å². The van der Waals surface area contributed by atoms with E-state index in [4.69, 9.17) is 14.2 Å². The monoisotopic (exact) mass is 516 g/mol. The molecular weight excluding hydrogens is 480 g/mol. The molecule has 0 aliphatic carbocycles. The van der Waals surface area contributed by atoms with Gasteiger partial charge in [-0.05, 0) is 59.4 Å². The molecule has 1 aliphatic rings. The maximum absolute atomic E-state index is 14.1. The number of carbonyl (C=O) groups excluding carboxylic acids is 2. The number of carbonyl (C=O) groups is 2. The van der Waals surface area contributed by atoms with E-state index < -0.39 is 12.0 Å². The second-order valence-electron chi connectivity index (χ2n) is 9.73. The van der Waals surface area contributed by atoms with Crippen molar-refractivity contribution in [1.29, 1.82) is 0 Å². The van der Waals surface area contributed by atoms with E-state index >= 15 is 0 Å². The summed E-state index contributed by atoms with van der Waals surface area (Å²) in [6, 6.07) is 18.3. The Morgan fingerprint density at radius 2 is 1.58 bits per heavy atom. The summed E-state index contributed by atoms with van der Waals surface area (Å²) in [7, 11) is 4.65. The summed E-state index contributed by atoms with van der Waals surface area (Å²) in [6.07, 6.45) is 0.736. The van der Waals surface area contributed by atoms with Crippen molar-refractivity contribution in [1.82, 2.24) is 4.90 Å². The molecule has 0 saturated carbocycles. The molecule has 1 heterocycles. The van der Waals surface area contributed by atoms with Gasteiger partial charge in [-0.2, -0.15) is 0 Å². The van der Waals surface area contributed by atoms with Gasteiger partial charge in [0.1, 0.15) is 0 Å². The lowest BCUT2D eigenvalue weighted by atomic mass is 9.78. The molecule has 1 aliphatic heterocycles. The van der Waals surface area contributed by atoms with Crippen LogP contribution in [0.25, 0.3) is 0 Å². The number of hydrogen-bond donors (Lipinski definition) is 1. The molecule has 7 nitrogen and oxygen atoms in total. The van der Waals surface area contributed by atoms with Crippen molar-refractivity contribution in [2.75, 3.05) is 33.2 Å². The number of nitrogens with one attached hydrogen (secondary N) is 1. The summed E-state index contributed by atoms with van der Waals surface area (Å²) in [6.45, 7) is 6.77. The van der Waals surface area contributed by atoms with Crippen molar-refractivity contribution in [3.8, 4) is 17.2 Å². The number of anilines is 1. The molecule has 2 amide bonds. The van der Waals surface area contributed by atoms with Crippen molar-refractivity contribution in [3.05, 3.63) is 82.9 Å². The second-order valence-corrected chi connectivity index (χ2v) is 9.73. The third-order valence-corrected chi connectivity index (χ3v) is 7.06. The minimum atomic E-state index is -0.664. The zero-order valence-corrected chi connectivity index (χ0v) is 22.9. The SMILES string of the molecule is CCCN1C(=O)c2ccccc2[C@H](C(=O)Nc2ccc(C(C)C)cc2)[C@@H]1c1cc(OC)c(OC)c(OC)c1. The van der Waals surface area contributed by atoms with Gasteiger partial charge in [0.2, 0.25) is 11.7 Å². The predicted octanol–water partition coefficient (Wildman–Crippen LogP) is 6.17. The molecular formula is C31H36N2O5. The molecule has 0 fully saturated rings. The van der Waals surface area contributed by atoms with Crippen LogP contribution in [0, 0.1) is 0 Å². The van der Waals surface area contributed by atoms with Crippen LogP contribution in [0.3, 0.4) is 0 Å². The largest absolute Gasteiger partial charge is 0.493 e. The van der Waals surface area contributed by atoms with Gasteiger partial charge in [-0.1, -0.05) is 51.1 Å². The summed E-state index contributed by atoms with van der Waals surface area (Å²) < 4.78 is 16.8. The molecule has 0 saturated heterocycles. The van der Waals surface area contributed by atoms with E-state index in [0.717, 1.165) is 12.0 Å². The molecule has 200 valence electrons. The number of nitrogens with zero attached hydrogens (tertiary/aromatic N) is 1. The van der Waals surface area contributed by atoms with E-state index in [0.29, 0.717) is 46.5 Å². The van der Waals surface area contributed by atoms with Crippen LogP contribution in [0.15, 0.2) is 60.7 Å². The number of amides is 2. The lowest BCUT2D eigenvalue weighted by Gasteiger charge is -2.42. The van der Waals surface area contributed by atoms with Gasteiger partial charge in [0.05, 0.1) is 33.3 Å². The molecule has 0 radical (unpaired) electrons. The fraction of sp³-hybridized carbons (Fsp3) is 0.355. The van der Waals surface area contributed by atoms with Crippen LogP contribution in [-0.4, -0.2) is 44.6 Å². The predicted molar refractivity (Wildman–Crippen MR) is 149 cm³/mol. The highest BCUT2D eigenvalue weighted by molar-refractivity contribution is 6.04. The molecule has 4 rings (SSSR count). The summed E-state index contributed by atoms with van der Waals surface area (Å²) in [4.78, 5) is 29.6. The van der Waals surface area contributed by atoms with Gasteiger partial charge in [0, 0.05) is 17.8 Å². The molecule has 0 unspecified atom stereocenters. The lowest BCUT2D eigenvalue weighted by Crippen LogP contribution is -2.46. The molecule has 38 heavy (non-hydrogen) atoms. The molecule has 3 aromatic carbocycles. The van der Waals surface area contributed by atoms with Crippen LogP contribution >= 0.6 is 0 Å². The van der Waals surface area contributed by atoms with Crippen molar-refractivity contribution in [2.45, 2.75) is 45.1 Å². The Morgan fingerprint density at radius 1 is 0.947 bits per heavy atom. The van der Waals surface area contributed by atoms with Gasteiger partial charge >= 0.3 is 0 Å². The zero-order chi connectivity index (χ0) is 27.4. The van der Waals surface area contributed by atoms with E-state index in [9.17, 15) is 9.59 Å². The Labute approximate surface area is 224 Å². The highest BCUT2D eigenvalue weighted by Gasteiger charge is 2.44. The molecule has 7 heteroatoms. The Balaban J connectivity index is 1.87. The summed E-state index contributed by atoms with van der Waals surface area (Å²) in [5.41, 5.74) is 3.87. The third kappa shape index (κ3) is 5.05. The number of methoxy groups -OCH3 is 3. The number of hydrogen-bond acceptors (Lipinski definition) is 5. The first-order valence-corrected chi connectivity index (χ1v) is 12.9. The maximum atomic E-state index is 14.1. The van der Waals surface area contributed by atoms with Gasteiger partial charge < -0.3 is 24.4 Å². The Morgan fingerprint density at radius 3 is 2.13 bits per heavy atom. The summed E-state index contributed by atoms with van der Waals surface area (Å²) in [5, 5.41) is 3.11. The topological polar surface area (TPSA) is 77.1 Å². The highest BCUT2D eigenvalue weighted by Crippen LogP contribution is 2.47. The van der Waals surface area contributed by atoms with Crippen molar-refractivity contribution in [3.63, 3.8) is 0 Å².